The summed E-state index contributed by atoms with van der Waals surface area (Å²) in [6.07, 6.45) is -0.534. The minimum atomic E-state index is -2.79. The molecule has 1 aromatic heterocycles. The molecular weight excluding hydrogens is 312 g/mol. The monoisotopic (exact) mass is 335 g/mol. The molecule has 2 aromatic rings. The SMILES string of the molecule is CCC(C)(C)c1cccc(NC(=O)c2cn(C)nc2C(F)F)c1C. The Hall–Kier alpha value is -2.24. The first-order valence-corrected chi connectivity index (χ1v) is 7.90. The Morgan fingerprint density at radius 2 is 2.04 bits per heavy atom. The second-order valence-corrected chi connectivity index (χ2v) is 6.57. The van der Waals surface area contributed by atoms with Crippen LogP contribution in [0.3, 0.4) is 0 Å². The summed E-state index contributed by atoms with van der Waals surface area (Å²) in [6, 6.07) is 5.68. The van der Waals surface area contributed by atoms with E-state index in [4.69, 9.17) is 0 Å². The highest BCUT2D eigenvalue weighted by molar-refractivity contribution is 6.05. The summed E-state index contributed by atoms with van der Waals surface area (Å²) in [5.41, 5.74) is 2.06. The zero-order valence-corrected chi connectivity index (χ0v) is 14.7. The van der Waals surface area contributed by atoms with E-state index in [1.54, 1.807) is 6.07 Å². The molecule has 130 valence electrons. The molecule has 6 heteroatoms. The van der Waals surface area contributed by atoms with Crippen molar-refractivity contribution in [1.82, 2.24) is 9.78 Å². The number of halogens is 2. The van der Waals surface area contributed by atoms with Gasteiger partial charge in [0, 0.05) is 18.9 Å². The van der Waals surface area contributed by atoms with Crippen molar-refractivity contribution in [2.75, 3.05) is 5.32 Å². The minimum Gasteiger partial charge on any atom is -0.322 e. The topological polar surface area (TPSA) is 46.9 Å². The van der Waals surface area contributed by atoms with Gasteiger partial charge in [-0.1, -0.05) is 32.9 Å². The number of hydrogen-bond acceptors (Lipinski definition) is 2. The van der Waals surface area contributed by atoms with Gasteiger partial charge in [-0.3, -0.25) is 9.48 Å². The number of rotatable bonds is 5. The summed E-state index contributed by atoms with van der Waals surface area (Å²) in [4.78, 5) is 12.4. The summed E-state index contributed by atoms with van der Waals surface area (Å²) in [7, 11) is 1.51. The lowest BCUT2D eigenvalue weighted by atomic mass is 9.79. The second-order valence-electron chi connectivity index (χ2n) is 6.57. The molecule has 0 aliphatic carbocycles. The molecule has 4 nitrogen and oxygen atoms in total. The molecule has 0 saturated carbocycles. The average molecular weight is 335 g/mol. The van der Waals surface area contributed by atoms with Crippen molar-refractivity contribution in [3.8, 4) is 0 Å². The number of alkyl halides is 2. The van der Waals surface area contributed by atoms with E-state index in [2.05, 4.69) is 31.2 Å². The van der Waals surface area contributed by atoms with Gasteiger partial charge in [0.2, 0.25) is 0 Å². The highest BCUT2D eigenvalue weighted by Crippen LogP contribution is 2.33. The number of carbonyl (C=O) groups is 1. The Labute approximate surface area is 140 Å². The molecule has 0 atom stereocenters. The third-order valence-corrected chi connectivity index (χ3v) is 4.50. The Balaban J connectivity index is 2.36. The van der Waals surface area contributed by atoms with Crippen molar-refractivity contribution in [2.45, 2.75) is 46.0 Å². The molecule has 0 radical (unpaired) electrons. The standard InChI is InChI=1S/C18H23F2N3O/c1-6-18(3,4)13-8-7-9-14(11(13)2)21-17(24)12-10-23(5)22-15(12)16(19)20/h7-10,16H,6H2,1-5H3,(H,21,24). The molecule has 1 amide bonds. The molecule has 1 heterocycles. The first-order valence-electron chi connectivity index (χ1n) is 7.90. The summed E-state index contributed by atoms with van der Waals surface area (Å²) in [6.45, 7) is 8.31. The predicted molar refractivity (Wildman–Crippen MR) is 90.6 cm³/mol. The number of aromatic nitrogens is 2. The molecule has 0 aliphatic rings. The third kappa shape index (κ3) is 3.47. The fourth-order valence-electron chi connectivity index (χ4n) is 2.73. The fraction of sp³-hybridized carbons (Fsp3) is 0.444. The van der Waals surface area contributed by atoms with Crippen LogP contribution >= 0.6 is 0 Å². The normalized spacial score (nSPS) is 11.8. The molecular formula is C18H23F2N3O. The van der Waals surface area contributed by atoms with Gasteiger partial charge in [0.1, 0.15) is 5.69 Å². The van der Waals surface area contributed by atoms with Crippen LogP contribution in [0.25, 0.3) is 0 Å². The quantitative estimate of drug-likeness (QED) is 0.867. The molecule has 0 aliphatic heterocycles. The van der Waals surface area contributed by atoms with Crippen LogP contribution in [-0.2, 0) is 12.5 Å². The van der Waals surface area contributed by atoms with Crippen LogP contribution in [-0.4, -0.2) is 15.7 Å². The van der Waals surface area contributed by atoms with Crippen LogP contribution < -0.4 is 5.32 Å². The van der Waals surface area contributed by atoms with Crippen LogP contribution in [0.2, 0.25) is 0 Å². The Morgan fingerprint density at radius 1 is 1.38 bits per heavy atom. The maximum atomic E-state index is 13.0. The van der Waals surface area contributed by atoms with Crippen molar-refractivity contribution >= 4 is 11.6 Å². The van der Waals surface area contributed by atoms with Crippen molar-refractivity contribution in [3.05, 3.63) is 46.8 Å². The number of amides is 1. The van der Waals surface area contributed by atoms with Crippen LogP contribution in [0.5, 0.6) is 0 Å². The van der Waals surface area contributed by atoms with E-state index in [1.165, 1.54) is 17.9 Å². The van der Waals surface area contributed by atoms with E-state index < -0.39 is 18.0 Å². The molecule has 0 spiro atoms. The van der Waals surface area contributed by atoms with Gasteiger partial charge in [0.25, 0.3) is 12.3 Å². The number of anilines is 1. The Morgan fingerprint density at radius 3 is 2.62 bits per heavy atom. The number of aryl methyl sites for hydroxylation is 1. The van der Waals surface area contributed by atoms with Gasteiger partial charge in [0.05, 0.1) is 5.56 Å². The Bertz CT molecular complexity index is 751. The third-order valence-electron chi connectivity index (χ3n) is 4.50. The molecule has 0 saturated heterocycles. The maximum Gasteiger partial charge on any atom is 0.282 e. The predicted octanol–water partition coefficient (Wildman–Crippen LogP) is 4.61. The fourth-order valence-corrected chi connectivity index (χ4v) is 2.73. The Kier molecular flexibility index (Phi) is 5.06. The van der Waals surface area contributed by atoms with E-state index >= 15 is 0 Å². The van der Waals surface area contributed by atoms with Gasteiger partial charge in [-0.25, -0.2) is 8.78 Å². The molecule has 0 fully saturated rings. The average Bonchev–Trinajstić information content (AvgIpc) is 2.91. The smallest absolute Gasteiger partial charge is 0.282 e. The number of carbonyl (C=O) groups excluding carboxylic acids is 1. The lowest BCUT2D eigenvalue weighted by Crippen LogP contribution is -2.19. The first-order chi connectivity index (χ1) is 11.2. The van der Waals surface area contributed by atoms with E-state index in [0.717, 1.165) is 17.5 Å². The highest BCUT2D eigenvalue weighted by atomic mass is 19.3. The van der Waals surface area contributed by atoms with Crippen LogP contribution in [0.15, 0.2) is 24.4 Å². The van der Waals surface area contributed by atoms with Crippen LogP contribution in [0, 0.1) is 6.92 Å². The lowest BCUT2D eigenvalue weighted by molar-refractivity contribution is 0.101. The highest BCUT2D eigenvalue weighted by Gasteiger charge is 2.25. The van der Waals surface area contributed by atoms with E-state index in [9.17, 15) is 13.6 Å². The van der Waals surface area contributed by atoms with Crippen LogP contribution in [0.1, 0.15) is 60.8 Å². The van der Waals surface area contributed by atoms with Gasteiger partial charge in [0.15, 0.2) is 0 Å². The molecule has 0 unspecified atom stereocenters. The van der Waals surface area contributed by atoms with Crippen molar-refractivity contribution < 1.29 is 13.6 Å². The lowest BCUT2D eigenvalue weighted by Gasteiger charge is -2.26. The molecule has 0 bridgehead atoms. The van der Waals surface area contributed by atoms with E-state index in [-0.39, 0.29) is 11.0 Å². The van der Waals surface area contributed by atoms with E-state index in [1.807, 2.05) is 19.1 Å². The van der Waals surface area contributed by atoms with Gasteiger partial charge in [-0.2, -0.15) is 5.10 Å². The number of hydrogen-bond donors (Lipinski definition) is 1. The van der Waals surface area contributed by atoms with E-state index in [0.29, 0.717) is 5.69 Å². The van der Waals surface area contributed by atoms with Gasteiger partial charge >= 0.3 is 0 Å². The second kappa shape index (κ2) is 6.71. The zero-order chi connectivity index (χ0) is 18.1. The first kappa shape index (κ1) is 18.1. The van der Waals surface area contributed by atoms with Gasteiger partial charge in [-0.15, -0.1) is 0 Å². The molecule has 2 rings (SSSR count). The summed E-state index contributed by atoms with van der Waals surface area (Å²) in [5.74, 6) is -0.576. The maximum absolute atomic E-state index is 13.0. The van der Waals surface area contributed by atoms with Crippen LogP contribution in [0.4, 0.5) is 14.5 Å². The largest absolute Gasteiger partial charge is 0.322 e. The van der Waals surface area contributed by atoms with Crippen molar-refractivity contribution in [1.29, 1.82) is 0 Å². The molecule has 24 heavy (non-hydrogen) atoms. The van der Waals surface area contributed by atoms with Crippen molar-refractivity contribution in [3.63, 3.8) is 0 Å². The van der Waals surface area contributed by atoms with Crippen molar-refractivity contribution in [2.24, 2.45) is 7.05 Å². The summed E-state index contributed by atoms with van der Waals surface area (Å²) >= 11 is 0. The molecule has 1 N–H and O–H groups in total. The summed E-state index contributed by atoms with van der Waals surface area (Å²) in [5, 5.41) is 6.42. The number of benzene rings is 1. The minimum absolute atomic E-state index is 0.0345. The molecule has 1 aromatic carbocycles. The zero-order valence-electron chi connectivity index (χ0n) is 14.7. The van der Waals surface area contributed by atoms with Gasteiger partial charge < -0.3 is 5.32 Å². The number of nitrogens with zero attached hydrogens (tertiary/aromatic N) is 2. The summed E-state index contributed by atoms with van der Waals surface area (Å²) < 4.78 is 27.3. The van der Waals surface area contributed by atoms with Gasteiger partial charge in [-0.05, 0) is 36.0 Å². The number of nitrogens with one attached hydrogen (secondary N) is 1.